The molecule has 1 fully saturated rings. The summed E-state index contributed by atoms with van der Waals surface area (Å²) in [7, 11) is 0. The van der Waals surface area contributed by atoms with Gasteiger partial charge in [-0.25, -0.2) is 0 Å². The lowest BCUT2D eigenvalue weighted by Gasteiger charge is -2.30. The summed E-state index contributed by atoms with van der Waals surface area (Å²) >= 11 is 0. The lowest BCUT2D eigenvalue weighted by atomic mass is 9.72. The van der Waals surface area contributed by atoms with Crippen molar-refractivity contribution in [3.63, 3.8) is 0 Å². The van der Waals surface area contributed by atoms with Crippen LogP contribution in [0.4, 0.5) is 0 Å². The summed E-state index contributed by atoms with van der Waals surface area (Å²) in [6, 6.07) is 0. The average molecular weight is 186 g/mol. The number of hydrogen-bond donors (Lipinski definition) is 1. The monoisotopic (exact) mass is 186 g/mol. The molecule has 0 aromatic heterocycles. The standard InChI is InChI=1S/C10H18O3/c1-3-8(4-2)10(9(11)12)5-6-13-7-10/h8H,3-7H2,1-2H3,(H,11,12). The van der Waals surface area contributed by atoms with Crippen LogP contribution in [0.2, 0.25) is 0 Å². The molecule has 0 aromatic carbocycles. The summed E-state index contributed by atoms with van der Waals surface area (Å²) in [5.41, 5.74) is -0.594. The van der Waals surface area contributed by atoms with E-state index >= 15 is 0 Å². The van der Waals surface area contributed by atoms with Crippen molar-refractivity contribution >= 4 is 5.97 Å². The summed E-state index contributed by atoms with van der Waals surface area (Å²) < 4.78 is 5.23. The maximum Gasteiger partial charge on any atom is 0.312 e. The van der Waals surface area contributed by atoms with Crippen LogP contribution in [-0.2, 0) is 9.53 Å². The van der Waals surface area contributed by atoms with Crippen LogP contribution in [0.1, 0.15) is 33.1 Å². The summed E-state index contributed by atoms with van der Waals surface area (Å²) in [5.74, 6) is -0.425. The van der Waals surface area contributed by atoms with Gasteiger partial charge in [-0.3, -0.25) is 4.79 Å². The van der Waals surface area contributed by atoms with Crippen LogP contribution in [-0.4, -0.2) is 24.3 Å². The molecule has 13 heavy (non-hydrogen) atoms. The van der Waals surface area contributed by atoms with Crippen molar-refractivity contribution in [1.29, 1.82) is 0 Å². The SMILES string of the molecule is CCC(CC)C1(C(=O)O)CCOC1. The lowest BCUT2D eigenvalue weighted by molar-refractivity contribution is -0.153. The number of rotatable bonds is 4. The van der Waals surface area contributed by atoms with Crippen LogP contribution in [0.3, 0.4) is 0 Å². The van der Waals surface area contributed by atoms with E-state index in [-0.39, 0.29) is 5.92 Å². The van der Waals surface area contributed by atoms with Crippen molar-refractivity contribution in [2.24, 2.45) is 11.3 Å². The maximum absolute atomic E-state index is 11.2. The molecule has 1 saturated heterocycles. The second-order valence-corrected chi connectivity index (χ2v) is 3.78. The highest BCUT2D eigenvalue weighted by molar-refractivity contribution is 5.75. The minimum atomic E-state index is -0.682. The van der Waals surface area contributed by atoms with Gasteiger partial charge < -0.3 is 9.84 Å². The topological polar surface area (TPSA) is 46.5 Å². The van der Waals surface area contributed by atoms with Crippen LogP contribution in [0, 0.1) is 11.3 Å². The Morgan fingerprint density at radius 3 is 2.46 bits per heavy atom. The van der Waals surface area contributed by atoms with Crippen molar-refractivity contribution in [3.8, 4) is 0 Å². The van der Waals surface area contributed by atoms with E-state index in [0.29, 0.717) is 19.6 Å². The van der Waals surface area contributed by atoms with Gasteiger partial charge >= 0.3 is 5.97 Å². The Morgan fingerprint density at radius 1 is 1.54 bits per heavy atom. The first-order valence-electron chi connectivity index (χ1n) is 4.98. The molecule has 0 aromatic rings. The molecule has 1 aliphatic rings. The van der Waals surface area contributed by atoms with E-state index in [1.54, 1.807) is 0 Å². The predicted molar refractivity (Wildman–Crippen MR) is 49.6 cm³/mol. The number of carboxylic acid groups (broad SMARTS) is 1. The summed E-state index contributed by atoms with van der Waals surface area (Å²) in [6.45, 7) is 5.10. The van der Waals surface area contributed by atoms with E-state index in [2.05, 4.69) is 13.8 Å². The van der Waals surface area contributed by atoms with Crippen molar-refractivity contribution in [3.05, 3.63) is 0 Å². The minimum Gasteiger partial charge on any atom is -0.481 e. The van der Waals surface area contributed by atoms with Crippen molar-refractivity contribution in [2.75, 3.05) is 13.2 Å². The van der Waals surface area contributed by atoms with Crippen LogP contribution in [0.5, 0.6) is 0 Å². The summed E-state index contributed by atoms with van der Waals surface area (Å²) in [4.78, 5) is 11.2. The molecule has 1 N–H and O–H groups in total. The molecule has 3 heteroatoms. The van der Waals surface area contributed by atoms with Crippen molar-refractivity contribution in [2.45, 2.75) is 33.1 Å². The highest BCUT2D eigenvalue weighted by Gasteiger charge is 2.47. The highest BCUT2D eigenvalue weighted by Crippen LogP contribution is 2.40. The van der Waals surface area contributed by atoms with E-state index in [0.717, 1.165) is 12.8 Å². The second-order valence-electron chi connectivity index (χ2n) is 3.78. The number of ether oxygens (including phenoxy) is 1. The van der Waals surface area contributed by atoms with Gasteiger partial charge in [-0.2, -0.15) is 0 Å². The van der Waals surface area contributed by atoms with Crippen LogP contribution >= 0.6 is 0 Å². The molecule has 0 radical (unpaired) electrons. The third-order valence-electron chi connectivity index (χ3n) is 3.25. The molecule has 0 spiro atoms. The molecule has 3 nitrogen and oxygen atoms in total. The maximum atomic E-state index is 11.2. The molecule has 1 heterocycles. The van der Waals surface area contributed by atoms with Crippen molar-refractivity contribution < 1.29 is 14.6 Å². The third kappa shape index (κ3) is 1.70. The molecule has 0 bridgehead atoms. The van der Waals surface area contributed by atoms with Gasteiger partial charge in [0.25, 0.3) is 0 Å². The first-order chi connectivity index (χ1) is 6.17. The van der Waals surface area contributed by atoms with E-state index in [1.807, 2.05) is 0 Å². The normalized spacial score (nSPS) is 28.2. The Morgan fingerprint density at radius 2 is 2.15 bits per heavy atom. The largest absolute Gasteiger partial charge is 0.481 e. The van der Waals surface area contributed by atoms with Gasteiger partial charge in [0.05, 0.1) is 12.0 Å². The van der Waals surface area contributed by atoms with E-state index < -0.39 is 11.4 Å². The van der Waals surface area contributed by atoms with Gasteiger partial charge in [-0.05, 0) is 12.3 Å². The van der Waals surface area contributed by atoms with Crippen LogP contribution < -0.4 is 0 Å². The first-order valence-corrected chi connectivity index (χ1v) is 4.98. The number of carbonyl (C=O) groups is 1. The van der Waals surface area contributed by atoms with Gasteiger partial charge in [0.2, 0.25) is 0 Å². The zero-order valence-corrected chi connectivity index (χ0v) is 8.38. The number of aliphatic carboxylic acids is 1. The smallest absolute Gasteiger partial charge is 0.312 e. The molecule has 1 aliphatic heterocycles. The summed E-state index contributed by atoms with van der Waals surface area (Å²) in [6.07, 6.45) is 2.52. The van der Waals surface area contributed by atoms with Gasteiger partial charge in [-0.15, -0.1) is 0 Å². The summed E-state index contributed by atoms with van der Waals surface area (Å²) in [5, 5.41) is 9.22. The molecular formula is C10H18O3. The fraction of sp³-hybridized carbons (Fsp3) is 0.900. The molecule has 1 atom stereocenters. The van der Waals surface area contributed by atoms with Crippen LogP contribution in [0.25, 0.3) is 0 Å². The van der Waals surface area contributed by atoms with Gasteiger partial charge in [0.1, 0.15) is 0 Å². The molecule has 0 aliphatic carbocycles. The Balaban J connectivity index is 2.82. The Kier molecular flexibility index (Phi) is 3.31. The zero-order chi connectivity index (χ0) is 9.90. The second kappa shape index (κ2) is 4.09. The Labute approximate surface area is 79.1 Å². The number of carboxylic acids is 1. The molecular weight excluding hydrogens is 168 g/mol. The van der Waals surface area contributed by atoms with Crippen molar-refractivity contribution in [1.82, 2.24) is 0 Å². The fourth-order valence-electron chi connectivity index (χ4n) is 2.32. The quantitative estimate of drug-likeness (QED) is 0.729. The third-order valence-corrected chi connectivity index (χ3v) is 3.25. The highest BCUT2D eigenvalue weighted by atomic mass is 16.5. The molecule has 0 amide bonds. The predicted octanol–water partition coefficient (Wildman–Crippen LogP) is 1.91. The minimum absolute atomic E-state index is 0.257. The van der Waals surface area contributed by atoms with Gasteiger partial charge in [0.15, 0.2) is 0 Å². The molecule has 76 valence electrons. The van der Waals surface area contributed by atoms with Gasteiger partial charge in [0, 0.05) is 6.61 Å². The average Bonchev–Trinajstić information content (AvgIpc) is 2.56. The van der Waals surface area contributed by atoms with E-state index in [1.165, 1.54) is 0 Å². The lowest BCUT2D eigenvalue weighted by Crippen LogP contribution is -2.38. The Hall–Kier alpha value is -0.570. The van der Waals surface area contributed by atoms with E-state index in [4.69, 9.17) is 4.74 Å². The molecule has 1 unspecified atom stereocenters. The first kappa shape index (κ1) is 10.5. The molecule has 0 saturated carbocycles. The fourth-order valence-corrected chi connectivity index (χ4v) is 2.32. The van der Waals surface area contributed by atoms with Gasteiger partial charge in [-0.1, -0.05) is 26.7 Å². The van der Waals surface area contributed by atoms with Crippen LogP contribution in [0.15, 0.2) is 0 Å². The Bertz CT molecular complexity index is 179. The zero-order valence-electron chi connectivity index (χ0n) is 8.38. The molecule has 1 rings (SSSR count). The number of hydrogen-bond acceptors (Lipinski definition) is 2. The van der Waals surface area contributed by atoms with E-state index in [9.17, 15) is 9.90 Å².